The number of carbonyl (C=O) groups is 1. The van der Waals surface area contributed by atoms with E-state index in [4.69, 9.17) is 9.47 Å². The molecular weight excluding hydrogens is 320 g/mol. The van der Waals surface area contributed by atoms with Gasteiger partial charge < -0.3 is 14.4 Å². The zero-order valence-electron chi connectivity index (χ0n) is 14.3. The van der Waals surface area contributed by atoms with Gasteiger partial charge in [-0.1, -0.05) is 6.07 Å². The van der Waals surface area contributed by atoms with Crippen LogP contribution in [0, 0.1) is 6.92 Å². The van der Waals surface area contributed by atoms with Gasteiger partial charge in [0.15, 0.2) is 11.5 Å². The van der Waals surface area contributed by atoms with E-state index >= 15 is 0 Å². The summed E-state index contributed by atoms with van der Waals surface area (Å²) in [5, 5.41) is 6.89. The number of carbonyl (C=O) groups excluding carboxylic acids is 1. The van der Waals surface area contributed by atoms with Gasteiger partial charge in [-0.15, -0.1) is 0 Å². The molecule has 1 saturated heterocycles. The molecule has 0 spiro atoms. The topological polar surface area (TPSA) is 70.7 Å². The van der Waals surface area contributed by atoms with Gasteiger partial charge in [0.05, 0.1) is 0 Å². The Labute approximate surface area is 146 Å². The SMILES string of the molecule is Cc1cc(C(=O)N2CCN(Cc3ccc4c(c3)OCCO4)CC2)n[nH]1. The molecule has 2 aliphatic rings. The van der Waals surface area contributed by atoms with Crippen molar-refractivity contribution in [2.75, 3.05) is 39.4 Å². The zero-order chi connectivity index (χ0) is 17.2. The summed E-state index contributed by atoms with van der Waals surface area (Å²) in [5.41, 5.74) is 2.60. The number of hydrogen-bond donors (Lipinski definition) is 1. The molecule has 1 N–H and O–H groups in total. The van der Waals surface area contributed by atoms with Crippen LogP contribution in [0.3, 0.4) is 0 Å². The highest BCUT2D eigenvalue weighted by Gasteiger charge is 2.24. The Morgan fingerprint density at radius 1 is 1.12 bits per heavy atom. The van der Waals surface area contributed by atoms with Crippen molar-refractivity contribution in [1.29, 1.82) is 0 Å². The fourth-order valence-electron chi connectivity index (χ4n) is 3.24. The number of piperazine rings is 1. The van der Waals surface area contributed by atoms with E-state index in [1.807, 2.05) is 17.9 Å². The minimum Gasteiger partial charge on any atom is -0.486 e. The van der Waals surface area contributed by atoms with Crippen LogP contribution in [-0.4, -0.2) is 65.3 Å². The molecule has 0 saturated carbocycles. The maximum absolute atomic E-state index is 12.4. The Hall–Kier alpha value is -2.54. The number of aromatic amines is 1. The third-order valence-electron chi connectivity index (χ3n) is 4.60. The second-order valence-corrected chi connectivity index (χ2v) is 6.48. The molecule has 2 aliphatic heterocycles. The molecule has 0 atom stereocenters. The van der Waals surface area contributed by atoms with E-state index < -0.39 is 0 Å². The number of benzene rings is 1. The summed E-state index contributed by atoms with van der Waals surface area (Å²) >= 11 is 0. The van der Waals surface area contributed by atoms with Crippen LogP contribution < -0.4 is 9.47 Å². The Balaban J connectivity index is 1.34. The highest BCUT2D eigenvalue weighted by atomic mass is 16.6. The second kappa shape index (κ2) is 6.76. The normalized spacial score (nSPS) is 17.6. The number of amides is 1. The average Bonchev–Trinajstić information content (AvgIpc) is 3.08. The third kappa shape index (κ3) is 3.46. The Morgan fingerprint density at radius 2 is 1.88 bits per heavy atom. The Bertz CT molecular complexity index is 765. The first-order chi connectivity index (χ1) is 12.2. The van der Waals surface area contributed by atoms with E-state index in [9.17, 15) is 4.79 Å². The van der Waals surface area contributed by atoms with E-state index in [-0.39, 0.29) is 5.91 Å². The molecule has 7 heteroatoms. The number of aromatic nitrogens is 2. The van der Waals surface area contributed by atoms with Crippen molar-refractivity contribution in [3.63, 3.8) is 0 Å². The van der Waals surface area contributed by atoms with E-state index in [1.54, 1.807) is 6.07 Å². The molecule has 0 aliphatic carbocycles. The highest BCUT2D eigenvalue weighted by Crippen LogP contribution is 2.31. The van der Waals surface area contributed by atoms with Gasteiger partial charge in [-0.2, -0.15) is 5.10 Å². The lowest BCUT2D eigenvalue weighted by Crippen LogP contribution is -2.48. The van der Waals surface area contributed by atoms with Gasteiger partial charge in [0, 0.05) is 38.4 Å². The predicted molar refractivity (Wildman–Crippen MR) is 91.9 cm³/mol. The minimum atomic E-state index is 0.00308. The van der Waals surface area contributed by atoms with Crippen molar-refractivity contribution >= 4 is 5.91 Å². The number of rotatable bonds is 3. The molecular formula is C18H22N4O3. The monoisotopic (exact) mass is 342 g/mol. The molecule has 7 nitrogen and oxygen atoms in total. The lowest BCUT2D eigenvalue weighted by Gasteiger charge is -2.34. The van der Waals surface area contributed by atoms with Gasteiger partial charge in [-0.05, 0) is 30.7 Å². The fraction of sp³-hybridized carbons (Fsp3) is 0.444. The van der Waals surface area contributed by atoms with E-state index in [1.165, 1.54) is 5.56 Å². The average molecular weight is 342 g/mol. The zero-order valence-corrected chi connectivity index (χ0v) is 14.3. The van der Waals surface area contributed by atoms with Crippen molar-refractivity contribution in [3.8, 4) is 11.5 Å². The summed E-state index contributed by atoms with van der Waals surface area (Å²) in [5.74, 6) is 1.65. The van der Waals surface area contributed by atoms with Crippen molar-refractivity contribution in [1.82, 2.24) is 20.0 Å². The lowest BCUT2D eigenvalue weighted by molar-refractivity contribution is 0.0622. The smallest absolute Gasteiger partial charge is 0.274 e. The largest absolute Gasteiger partial charge is 0.486 e. The van der Waals surface area contributed by atoms with Crippen LogP contribution >= 0.6 is 0 Å². The van der Waals surface area contributed by atoms with Gasteiger partial charge >= 0.3 is 0 Å². The van der Waals surface area contributed by atoms with Crippen LogP contribution in [0.15, 0.2) is 24.3 Å². The number of hydrogen-bond acceptors (Lipinski definition) is 5. The molecule has 1 aromatic carbocycles. The van der Waals surface area contributed by atoms with Gasteiger partial charge in [-0.3, -0.25) is 14.8 Å². The van der Waals surface area contributed by atoms with Crippen molar-refractivity contribution in [3.05, 3.63) is 41.2 Å². The molecule has 4 rings (SSSR count). The van der Waals surface area contributed by atoms with Gasteiger partial charge in [0.2, 0.25) is 0 Å². The van der Waals surface area contributed by atoms with Crippen molar-refractivity contribution in [2.24, 2.45) is 0 Å². The predicted octanol–water partition coefficient (Wildman–Crippen LogP) is 1.45. The maximum atomic E-state index is 12.4. The number of nitrogens with one attached hydrogen (secondary N) is 1. The summed E-state index contributed by atoms with van der Waals surface area (Å²) in [6.07, 6.45) is 0. The van der Waals surface area contributed by atoms with Crippen LogP contribution in [0.2, 0.25) is 0 Å². The molecule has 1 fully saturated rings. The standard InChI is InChI=1S/C18H22N4O3/c1-13-10-15(20-19-13)18(23)22-6-4-21(5-7-22)12-14-2-3-16-17(11-14)25-9-8-24-16/h2-3,10-11H,4-9,12H2,1H3,(H,19,20). The number of fused-ring (bicyclic) bond motifs is 1. The summed E-state index contributed by atoms with van der Waals surface area (Å²) < 4.78 is 11.2. The lowest BCUT2D eigenvalue weighted by atomic mass is 10.1. The third-order valence-corrected chi connectivity index (χ3v) is 4.60. The van der Waals surface area contributed by atoms with Crippen LogP contribution in [0.1, 0.15) is 21.7 Å². The molecule has 3 heterocycles. The van der Waals surface area contributed by atoms with E-state index in [0.717, 1.165) is 49.9 Å². The van der Waals surface area contributed by atoms with Crippen molar-refractivity contribution in [2.45, 2.75) is 13.5 Å². The molecule has 0 radical (unpaired) electrons. The molecule has 2 aromatic rings. The van der Waals surface area contributed by atoms with Crippen LogP contribution in [0.4, 0.5) is 0 Å². The summed E-state index contributed by atoms with van der Waals surface area (Å²) in [7, 11) is 0. The molecule has 0 bridgehead atoms. The van der Waals surface area contributed by atoms with Crippen LogP contribution in [0.25, 0.3) is 0 Å². The first-order valence-corrected chi connectivity index (χ1v) is 8.61. The van der Waals surface area contributed by atoms with Gasteiger partial charge in [0.1, 0.15) is 18.9 Å². The number of aryl methyl sites for hydroxylation is 1. The number of nitrogens with zero attached hydrogens (tertiary/aromatic N) is 3. The maximum Gasteiger partial charge on any atom is 0.274 e. The van der Waals surface area contributed by atoms with Crippen molar-refractivity contribution < 1.29 is 14.3 Å². The van der Waals surface area contributed by atoms with E-state index in [2.05, 4.69) is 27.2 Å². The summed E-state index contributed by atoms with van der Waals surface area (Å²) in [6, 6.07) is 7.91. The van der Waals surface area contributed by atoms with Gasteiger partial charge in [-0.25, -0.2) is 0 Å². The fourth-order valence-corrected chi connectivity index (χ4v) is 3.24. The number of H-pyrrole nitrogens is 1. The molecule has 1 aromatic heterocycles. The highest BCUT2D eigenvalue weighted by molar-refractivity contribution is 5.92. The molecule has 132 valence electrons. The number of ether oxygens (including phenoxy) is 2. The van der Waals surface area contributed by atoms with Gasteiger partial charge in [0.25, 0.3) is 5.91 Å². The quantitative estimate of drug-likeness (QED) is 0.914. The first kappa shape index (κ1) is 16.0. The first-order valence-electron chi connectivity index (χ1n) is 8.61. The summed E-state index contributed by atoms with van der Waals surface area (Å²) in [6.45, 7) is 7.09. The Morgan fingerprint density at radius 3 is 2.60 bits per heavy atom. The van der Waals surface area contributed by atoms with Crippen LogP contribution in [-0.2, 0) is 6.54 Å². The summed E-state index contributed by atoms with van der Waals surface area (Å²) in [4.78, 5) is 16.7. The molecule has 0 unspecified atom stereocenters. The molecule has 25 heavy (non-hydrogen) atoms. The second-order valence-electron chi connectivity index (χ2n) is 6.48. The molecule has 1 amide bonds. The van der Waals surface area contributed by atoms with E-state index in [0.29, 0.717) is 18.9 Å². The Kier molecular flexibility index (Phi) is 4.31. The minimum absolute atomic E-state index is 0.00308. The van der Waals surface area contributed by atoms with Crippen LogP contribution in [0.5, 0.6) is 11.5 Å².